The van der Waals surface area contributed by atoms with Crippen LogP contribution in [0.3, 0.4) is 0 Å². The van der Waals surface area contributed by atoms with Gasteiger partial charge in [0.25, 0.3) is 0 Å². The minimum absolute atomic E-state index is 0.0178. The molecule has 0 saturated heterocycles. The molecular weight excluding hydrogens is 451 g/mol. The van der Waals surface area contributed by atoms with Crippen molar-refractivity contribution in [2.75, 3.05) is 12.8 Å². The Labute approximate surface area is 176 Å². The van der Waals surface area contributed by atoms with E-state index in [0.717, 1.165) is 12.1 Å². The fraction of sp³-hybridized carbons (Fsp3) is 0.222. The Hall–Kier alpha value is -2.37. The van der Waals surface area contributed by atoms with Gasteiger partial charge in [-0.15, -0.1) is 0 Å². The number of aliphatic imine (C=N–C) groups is 1. The summed E-state index contributed by atoms with van der Waals surface area (Å²) < 4.78 is 80.3. The number of halogens is 6. The van der Waals surface area contributed by atoms with E-state index >= 15 is 0 Å². The van der Waals surface area contributed by atoms with Crippen LogP contribution >= 0.6 is 11.6 Å². The van der Waals surface area contributed by atoms with Crippen LogP contribution in [-0.2, 0) is 17.5 Å². The van der Waals surface area contributed by atoms with Crippen LogP contribution < -0.4 is 5.73 Å². The molecule has 0 aliphatic carbocycles. The van der Waals surface area contributed by atoms with Crippen LogP contribution in [0, 0.1) is 5.82 Å². The van der Waals surface area contributed by atoms with Crippen LogP contribution in [0.15, 0.2) is 35.5 Å². The van der Waals surface area contributed by atoms with Crippen LogP contribution in [0.5, 0.6) is 0 Å². The van der Waals surface area contributed by atoms with Gasteiger partial charge in [-0.2, -0.15) is 17.5 Å². The molecule has 2 aromatic rings. The predicted octanol–water partition coefficient (Wildman–Crippen LogP) is 4.33. The zero-order valence-electron chi connectivity index (χ0n) is 15.3. The lowest BCUT2D eigenvalue weighted by atomic mass is 10.0. The van der Waals surface area contributed by atoms with Gasteiger partial charge in [0.2, 0.25) is 5.96 Å². The average molecular weight is 465 g/mol. The normalized spacial score (nSPS) is 20.3. The van der Waals surface area contributed by atoms with E-state index < -0.39 is 51.5 Å². The van der Waals surface area contributed by atoms with Gasteiger partial charge in [-0.25, -0.2) is 13.8 Å². The van der Waals surface area contributed by atoms with Crippen molar-refractivity contribution in [1.82, 2.24) is 9.29 Å². The summed E-state index contributed by atoms with van der Waals surface area (Å²) in [5.74, 6) is -1.71. The van der Waals surface area contributed by atoms with Gasteiger partial charge in [-0.1, -0.05) is 17.7 Å². The van der Waals surface area contributed by atoms with Gasteiger partial charge in [0.1, 0.15) is 17.6 Å². The summed E-state index contributed by atoms with van der Waals surface area (Å²) in [4.78, 5) is 7.55. The molecule has 30 heavy (non-hydrogen) atoms. The van der Waals surface area contributed by atoms with Gasteiger partial charge in [0.15, 0.2) is 11.6 Å². The first-order valence-corrected chi connectivity index (χ1v) is 9.98. The Kier molecular flexibility index (Phi) is 6.25. The summed E-state index contributed by atoms with van der Waals surface area (Å²) in [7, 11) is 1.48. The number of guanidine groups is 1. The Morgan fingerprint density at radius 1 is 1.37 bits per heavy atom. The second-order valence-electron chi connectivity index (χ2n) is 6.31. The average Bonchev–Trinajstić information content (AvgIpc) is 2.66. The predicted molar refractivity (Wildman–Crippen MR) is 105 cm³/mol. The molecule has 1 aromatic carbocycles. The van der Waals surface area contributed by atoms with Gasteiger partial charge in [0.05, 0.1) is 29.0 Å². The summed E-state index contributed by atoms with van der Waals surface area (Å²) in [5, 5.41) is -0.524. The summed E-state index contributed by atoms with van der Waals surface area (Å²) >= 11 is 4.24. The maximum absolute atomic E-state index is 14.6. The van der Waals surface area contributed by atoms with Crippen LogP contribution in [0.1, 0.15) is 28.4 Å². The Morgan fingerprint density at radius 3 is 2.67 bits per heavy atom. The van der Waals surface area contributed by atoms with E-state index in [-0.39, 0.29) is 22.8 Å². The lowest BCUT2D eigenvalue weighted by Crippen LogP contribution is -2.45. The molecule has 0 amide bonds. The van der Waals surface area contributed by atoms with Crippen molar-refractivity contribution >= 4 is 40.8 Å². The number of nitrogens with two attached hydrogens (primary N) is 1. The van der Waals surface area contributed by atoms with Gasteiger partial charge < -0.3 is 10.3 Å². The standard InChI is InChI=1S/C18H14ClF5N4OS/c1-28-17(25)27-15(8-30(28)29)11-4-9(2-3-13(11)20)5-14(21)16-12(19)6-10(7-26-16)18(22,23)24/h2-7,15H,8H2,1H3,(H2,25,27)/b14-5-. The Bertz CT molecular complexity index is 1030. The molecule has 5 nitrogen and oxygen atoms in total. The molecule has 12 heteroatoms. The lowest BCUT2D eigenvalue weighted by molar-refractivity contribution is -0.137. The molecule has 0 radical (unpaired) electrons. The Morgan fingerprint density at radius 2 is 2.07 bits per heavy atom. The summed E-state index contributed by atoms with van der Waals surface area (Å²) in [6.07, 6.45) is -3.25. The van der Waals surface area contributed by atoms with E-state index in [4.69, 9.17) is 17.3 Å². The van der Waals surface area contributed by atoms with Crippen LogP contribution in [0.2, 0.25) is 5.02 Å². The van der Waals surface area contributed by atoms with Crippen molar-refractivity contribution in [3.63, 3.8) is 0 Å². The monoisotopic (exact) mass is 464 g/mol. The van der Waals surface area contributed by atoms with Crippen molar-refractivity contribution in [1.29, 1.82) is 0 Å². The quantitative estimate of drug-likeness (QED) is 0.542. The van der Waals surface area contributed by atoms with Gasteiger partial charge in [-0.3, -0.25) is 4.98 Å². The maximum atomic E-state index is 14.6. The molecule has 2 unspecified atom stereocenters. The van der Waals surface area contributed by atoms with Crippen LogP contribution in [-0.4, -0.2) is 32.6 Å². The van der Waals surface area contributed by atoms with Crippen molar-refractivity contribution in [3.05, 3.63) is 63.7 Å². The van der Waals surface area contributed by atoms with E-state index in [1.807, 2.05) is 0 Å². The number of pyridine rings is 1. The van der Waals surface area contributed by atoms with Crippen LogP contribution in [0.4, 0.5) is 22.0 Å². The molecule has 3 rings (SSSR count). The zero-order valence-corrected chi connectivity index (χ0v) is 16.8. The van der Waals surface area contributed by atoms with E-state index in [1.165, 1.54) is 23.5 Å². The first-order valence-electron chi connectivity index (χ1n) is 8.32. The summed E-state index contributed by atoms with van der Waals surface area (Å²) in [6, 6.07) is 3.35. The first-order chi connectivity index (χ1) is 14.0. The molecule has 1 aliphatic rings. The highest BCUT2D eigenvalue weighted by molar-refractivity contribution is 7.89. The largest absolute Gasteiger partial charge is 0.593 e. The number of nitrogens with zero attached hydrogens (tertiary/aromatic N) is 3. The fourth-order valence-corrected chi connectivity index (χ4v) is 3.94. The molecule has 1 aromatic heterocycles. The lowest BCUT2D eigenvalue weighted by Gasteiger charge is -2.28. The van der Waals surface area contributed by atoms with Crippen molar-refractivity contribution in [2.24, 2.45) is 10.7 Å². The van der Waals surface area contributed by atoms with Gasteiger partial charge >= 0.3 is 6.18 Å². The molecule has 0 fully saturated rings. The minimum Gasteiger partial charge on any atom is -0.593 e. The third-order valence-corrected chi connectivity index (χ3v) is 5.97. The van der Waals surface area contributed by atoms with Crippen LogP contribution in [0.25, 0.3) is 11.9 Å². The smallest absolute Gasteiger partial charge is 0.417 e. The van der Waals surface area contributed by atoms with E-state index in [0.29, 0.717) is 12.3 Å². The number of alkyl halides is 3. The number of aromatic nitrogens is 1. The first kappa shape index (κ1) is 22.3. The van der Waals surface area contributed by atoms with Gasteiger partial charge in [-0.05, 0) is 29.8 Å². The number of hydrogen-bond donors (Lipinski definition) is 1. The highest BCUT2D eigenvalue weighted by Gasteiger charge is 2.33. The van der Waals surface area contributed by atoms with Gasteiger partial charge in [0, 0.05) is 11.8 Å². The SMILES string of the molecule is CN1C(N)=NC(c2cc(/C=C(\F)c3ncc(C(F)(F)F)cc3Cl)ccc2F)C[S+]1[O-]. The maximum Gasteiger partial charge on any atom is 0.417 e. The molecule has 0 saturated carbocycles. The number of benzene rings is 1. The topological polar surface area (TPSA) is 77.6 Å². The number of rotatable bonds is 3. The molecule has 0 bridgehead atoms. The van der Waals surface area contributed by atoms with E-state index in [1.54, 1.807) is 0 Å². The van der Waals surface area contributed by atoms with Crippen molar-refractivity contribution < 1.29 is 26.5 Å². The van der Waals surface area contributed by atoms with Crippen molar-refractivity contribution in [3.8, 4) is 0 Å². The van der Waals surface area contributed by atoms with Crippen molar-refractivity contribution in [2.45, 2.75) is 12.2 Å². The highest BCUT2D eigenvalue weighted by Crippen LogP contribution is 2.34. The third kappa shape index (κ3) is 4.68. The Balaban J connectivity index is 1.94. The summed E-state index contributed by atoms with van der Waals surface area (Å²) in [5.41, 5.74) is 4.32. The molecular formula is C18H14ClF5N4OS. The summed E-state index contributed by atoms with van der Waals surface area (Å²) in [6.45, 7) is 0. The third-order valence-electron chi connectivity index (χ3n) is 4.28. The molecule has 1 aliphatic heterocycles. The minimum atomic E-state index is -4.67. The fourth-order valence-electron chi connectivity index (χ4n) is 2.68. The van der Waals surface area contributed by atoms with E-state index in [2.05, 4.69) is 9.98 Å². The highest BCUT2D eigenvalue weighted by atomic mass is 35.5. The number of hydrogen-bond acceptors (Lipinski definition) is 5. The second kappa shape index (κ2) is 8.40. The molecule has 2 atom stereocenters. The molecule has 2 N–H and O–H groups in total. The molecule has 2 heterocycles. The van der Waals surface area contributed by atoms with E-state index in [9.17, 15) is 26.5 Å². The molecule has 0 spiro atoms. The second-order valence-corrected chi connectivity index (χ2v) is 8.25. The molecule has 160 valence electrons. The zero-order chi connectivity index (χ0) is 22.2.